The Morgan fingerprint density at radius 1 is 1.07 bits per heavy atom. The number of benzene rings is 2. The number of hydrogen-bond acceptors (Lipinski definition) is 5. The standard InChI is InChI=1S/C22H26N4O3.HI/c1-5-23-22(26-17-10-11-19(27-3)20(12-17)28-4)24-13-18-14-29-21(25-18)16-8-6-15(2)7-9-16;/h6-12,14H,5,13H2,1-4H3,(H2,23,24,26);1H. The number of guanidine groups is 1. The van der Waals surface area contributed by atoms with E-state index in [9.17, 15) is 0 Å². The van der Waals surface area contributed by atoms with E-state index in [1.807, 2.05) is 56.3 Å². The highest BCUT2D eigenvalue weighted by Crippen LogP contribution is 2.29. The van der Waals surface area contributed by atoms with Crippen LogP contribution in [0.5, 0.6) is 11.5 Å². The van der Waals surface area contributed by atoms with Crippen molar-refractivity contribution in [3.8, 4) is 23.0 Å². The van der Waals surface area contributed by atoms with Gasteiger partial charge in [-0.25, -0.2) is 9.98 Å². The minimum absolute atomic E-state index is 0. The Morgan fingerprint density at radius 3 is 2.47 bits per heavy atom. The zero-order chi connectivity index (χ0) is 20.6. The van der Waals surface area contributed by atoms with Crippen molar-refractivity contribution in [2.45, 2.75) is 20.4 Å². The summed E-state index contributed by atoms with van der Waals surface area (Å²) < 4.78 is 16.2. The van der Waals surface area contributed by atoms with Crippen LogP contribution in [-0.4, -0.2) is 31.7 Å². The Morgan fingerprint density at radius 2 is 1.80 bits per heavy atom. The minimum Gasteiger partial charge on any atom is -0.493 e. The summed E-state index contributed by atoms with van der Waals surface area (Å²) in [5, 5.41) is 6.49. The van der Waals surface area contributed by atoms with Gasteiger partial charge in [0.05, 0.1) is 20.8 Å². The van der Waals surface area contributed by atoms with Crippen molar-refractivity contribution in [3.63, 3.8) is 0 Å². The van der Waals surface area contributed by atoms with Crippen LogP contribution in [-0.2, 0) is 6.54 Å². The molecule has 0 amide bonds. The number of nitrogens with zero attached hydrogens (tertiary/aromatic N) is 2. The van der Waals surface area contributed by atoms with Crippen LogP contribution < -0.4 is 20.1 Å². The first-order valence-corrected chi connectivity index (χ1v) is 9.41. The summed E-state index contributed by atoms with van der Waals surface area (Å²) in [5.74, 6) is 2.55. The number of rotatable bonds is 7. The predicted molar refractivity (Wildman–Crippen MR) is 130 cm³/mol. The number of oxazole rings is 1. The summed E-state index contributed by atoms with van der Waals surface area (Å²) in [6.07, 6.45) is 1.64. The van der Waals surface area contributed by atoms with Gasteiger partial charge >= 0.3 is 0 Å². The quantitative estimate of drug-likeness (QED) is 0.262. The van der Waals surface area contributed by atoms with E-state index in [2.05, 4.69) is 20.6 Å². The topological polar surface area (TPSA) is 80.9 Å². The molecule has 3 rings (SSSR count). The van der Waals surface area contributed by atoms with Crippen molar-refractivity contribution in [2.24, 2.45) is 4.99 Å². The van der Waals surface area contributed by atoms with Crippen LogP contribution in [0.25, 0.3) is 11.5 Å². The molecule has 0 saturated heterocycles. The van der Waals surface area contributed by atoms with Gasteiger partial charge in [0.2, 0.25) is 5.89 Å². The molecule has 0 spiro atoms. The lowest BCUT2D eigenvalue weighted by atomic mass is 10.1. The van der Waals surface area contributed by atoms with Gasteiger partial charge in [0.15, 0.2) is 17.5 Å². The van der Waals surface area contributed by atoms with E-state index in [-0.39, 0.29) is 24.0 Å². The molecule has 0 unspecified atom stereocenters. The van der Waals surface area contributed by atoms with Crippen LogP contribution in [0.15, 0.2) is 58.1 Å². The van der Waals surface area contributed by atoms with Gasteiger partial charge in [-0.3, -0.25) is 0 Å². The first kappa shape index (κ1) is 23.5. The molecule has 3 aromatic rings. The summed E-state index contributed by atoms with van der Waals surface area (Å²) in [5.41, 5.74) is 3.73. The van der Waals surface area contributed by atoms with Gasteiger partial charge < -0.3 is 24.5 Å². The molecular formula is C22H27IN4O3. The SMILES string of the molecule is CCNC(=NCc1coc(-c2ccc(C)cc2)n1)Nc1ccc(OC)c(OC)c1.I. The number of aliphatic imine (C=N–C) groups is 1. The lowest BCUT2D eigenvalue weighted by Gasteiger charge is -2.13. The molecular weight excluding hydrogens is 495 g/mol. The lowest BCUT2D eigenvalue weighted by Crippen LogP contribution is -2.30. The van der Waals surface area contributed by atoms with Crippen LogP contribution in [0.4, 0.5) is 5.69 Å². The highest BCUT2D eigenvalue weighted by Gasteiger charge is 2.08. The Bertz CT molecular complexity index is 971. The fraction of sp³-hybridized carbons (Fsp3) is 0.273. The molecule has 2 N–H and O–H groups in total. The van der Waals surface area contributed by atoms with Crippen LogP contribution in [0.1, 0.15) is 18.2 Å². The van der Waals surface area contributed by atoms with Gasteiger partial charge in [0.1, 0.15) is 12.0 Å². The number of ether oxygens (including phenoxy) is 2. The predicted octanol–water partition coefficient (Wildman–Crippen LogP) is 4.86. The Balaban J connectivity index is 0.00000320. The van der Waals surface area contributed by atoms with Gasteiger partial charge in [0, 0.05) is 23.9 Å². The molecule has 0 aliphatic heterocycles. The smallest absolute Gasteiger partial charge is 0.226 e. The maximum absolute atomic E-state index is 5.61. The van der Waals surface area contributed by atoms with E-state index in [0.717, 1.165) is 23.5 Å². The average molecular weight is 522 g/mol. The highest BCUT2D eigenvalue weighted by molar-refractivity contribution is 14.0. The van der Waals surface area contributed by atoms with Crippen molar-refractivity contribution >= 4 is 35.6 Å². The van der Waals surface area contributed by atoms with Crippen LogP contribution in [0, 0.1) is 6.92 Å². The van der Waals surface area contributed by atoms with E-state index in [1.165, 1.54) is 5.56 Å². The normalized spacial score (nSPS) is 10.9. The molecule has 160 valence electrons. The molecule has 1 heterocycles. The van der Waals surface area contributed by atoms with Crippen molar-refractivity contribution in [1.29, 1.82) is 0 Å². The minimum atomic E-state index is 0. The third-order valence-corrected chi connectivity index (χ3v) is 4.24. The van der Waals surface area contributed by atoms with E-state index in [4.69, 9.17) is 13.9 Å². The van der Waals surface area contributed by atoms with Crippen molar-refractivity contribution < 1.29 is 13.9 Å². The molecule has 0 fully saturated rings. The van der Waals surface area contributed by atoms with E-state index in [0.29, 0.717) is 29.9 Å². The number of methoxy groups -OCH3 is 2. The Hall–Kier alpha value is -2.75. The molecule has 7 nitrogen and oxygen atoms in total. The summed E-state index contributed by atoms with van der Waals surface area (Å²) in [4.78, 5) is 9.13. The maximum atomic E-state index is 5.61. The van der Waals surface area contributed by atoms with E-state index >= 15 is 0 Å². The Labute approximate surface area is 193 Å². The van der Waals surface area contributed by atoms with Crippen molar-refractivity contribution in [1.82, 2.24) is 10.3 Å². The fourth-order valence-corrected chi connectivity index (χ4v) is 2.73. The Kier molecular flexibility index (Phi) is 8.97. The fourth-order valence-electron chi connectivity index (χ4n) is 2.73. The van der Waals surface area contributed by atoms with Gasteiger partial charge in [-0.2, -0.15) is 0 Å². The number of hydrogen-bond donors (Lipinski definition) is 2. The third kappa shape index (κ3) is 6.12. The summed E-state index contributed by atoms with van der Waals surface area (Å²) in [7, 11) is 3.22. The second-order valence-electron chi connectivity index (χ2n) is 6.40. The van der Waals surface area contributed by atoms with Gasteiger partial charge in [-0.05, 0) is 38.1 Å². The van der Waals surface area contributed by atoms with Crippen molar-refractivity contribution in [2.75, 3.05) is 26.1 Å². The van der Waals surface area contributed by atoms with Crippen LogP contribution in [0.2, 0.25) is 0 Å². The molecule has 8 heteroatoms. The van der Waals surface area contributed by atoms with Gasteiger partial charge in [-0.1, -0.05) is 17.7 Å². The zero-order valence-corrected chi connectivity index (χ0v) is 19.9. The third-order valence-electron chi connectivity index (χ3n) is 4.24. The summed E-state index contributed by atoms with van der Waals surface area (Å²) in [6.45, 7) is 5.18. The first-order valence-electron chi connectivity index (χ1n) is 9.41. The first-order chi connectivity index (χ1) is 14.1. The van der Waals surface area contributed by atoms with Gasteiger partial charge in [-0.15, -0.1) is 24.0 Å². The van der Waals surface area contributed by atoms with Gasteiger partial charge in [0.25, 0.3) is 0 Å². The number of anilines is 1. The molecule has 1 aromatic heterocycles. The number of halogens is 1. The molecule has 0 aliphatic rings. The van der Waals surface area contributed by atoms with E-state index in [1.54, 1.807) is 20.5 Å². The molecule has 30 heavy (non-hydrogen) atoms. The average Bonchev–Trinajstić information content (AvgIpc) is 3.21. The summed E-state index contributed by atoms with van der Waals surface area (Å²) >= 11 is 0. The highest BCUT2D eigenvalue weighted by atomic mass is 127. The monoisotopic (exact) mass is 522 g/mol. The van der Waals surface area contributed by atoms with Crippen molar-refractivity contribution in [3.05, 3.63) is 60.0 Å². The lowest BCUT2D eigenvalue weighted by molar-refractivity contribution is 0.355. The largest absolute Gasteiger partial charge is 0.493 e. The summed E-state index contributed by atoms with van der Waals surface area (Å²) in [6, 6.07) is 13.7. The molecule has 0 saturated carbocycles. The second kappa shape index (κ2) is 11.4. The van der Waals surface area contributed by atoms with Crippen LogP contribution in [0.3, 0.4) is 0 Å². The molecule has 0 bridgehead atoms. The molecule has 0 atom stereocenters. The molecule has 2 aromatic carbocycles. The molecule has 0 radical (unpaired) electrons. The number of aryl methyl sites for hydroxylation is 1. The second-order valence-corrected chi connectivity index (χ2v) is 6.40. The zero-order valence-electron chi connectivity index (χ0n) is 17.6. The molecule has 0 aliphatic carbocycles. The van der Waals surface area contributed by atoms with E-state index < -0.39 is 0 Å². The van der Waals surface area contributed by atoms with Crippen LogP contribution >= 0.6 is 24.0 Å². The maximum Gasteiger partial charge on any atom is 0.226 e. The number of aromatic nitrogens is 1. The number of nitrogens with one attached hydrogen (secondary N) is 2.